The number of fused-ring (bicyclic) bond motifs is 4. The lowest BCUT2D eigenvalue weighted by atomic mass is 9.90. The van der Waals surface area contributed by atoms with Crippen molar-refractivity contribution in [1.29, 1.82) is 0 Å². The fourth-order valence-corrected chi connectivity index (χ4v) is 5.30. The Morgan fingerprint density at radius 1 is 1.20 bits per heavy atom. The van der Waals surface area contributed by atoms with E-state index in [2.05, 4.69) is 30.1 Å². The van der Waals surface area contributed by atoms with Crippen molar-refractivity contribution in [1.82, 2.24) is 5.01 Å². The Kier molecular flexibility index (Phi) is 5.11. The molecule has 3 aliphatic rings. The number of halogens is 1. The van der Waals surface area contributed by atoms with Crippen LogP contribution in [0.5, 0.6) is 11.5 Å². The van der Waals surface area contributed by atoms with Crippen LogP contribution in [-0.2, 0) is 0 Å². The molecule has 0 bridgehead atoms. The number of rotatable bonds is 4. The van der Waals surface area contributed by atoms with E-state index >= 15 is 0 Å². The predicted molar refractivity (Wildman–Crippen MR) is 119 cm³/mol. The van der Waals surface area contributed by atoms with Gasteiger partial charge in [-0.1, -0.05) is 42.8 Å². The molecule has 0 amide bonds. The van der Waals surface area contributed by atoms with Crippen LogP contribution in [0.3, 0.4) is 0 Å². The maximum atomic E-state index is 6.79. The molecule has 30 heavy (non-hydrogen) atoms. The van der Waals surface area contributed by atoms with Gasteiger partial charge in [-0.2, -0.15) is 5.10 Å². The van der Waals surface area contributed by atoms with Crippen molar-refractivity contribution in [3.8, 4) is 11.5 Å². The number of methoxy groups -OCH3 is 1. The Hall–Kier alpha value is -2.24. The van der Waals surface area contributed by atoms with Crippen LogP contribution in [-0.4, -0.2) is 43.2 Å². The summed E-state index contributed by atoms with van der Waals surface area (Å²) >= 11 is 6.11. The maximum absolute atomic E-state index is 6.79. The normalized spacial score (nSPS) is 27.3. The molecular formula is C24H29ClN3O2+. The topological polar surface area (TPSA) is 38.5 Å². The van der Waals surface area contributed by atoms with Gasteiger partial charge in [0.25, 0.3) is 0 Å². The second-order valence-electron chi connectivity index (χ2n) is 8.54. The Labute approximate surface area is 183 Å². The minimum Gasteiger partial charge on any atom is -0.493 e. The van der Waals surface area contributed by atoms with E-state index in [1.54, 1.807) is 12.0 Å². The van der Waals surface area contributed by atoms with Gasteiger partial charge in [-0.05, 0) is 30.2 Å². The van der Waals surface area contributed by atoms with E-state index in [1.807, 2.05) is 24.3 Å². The minimum absolute atomic E-state index is 0.169. The second kappa shape index (κ2) is 7.78. The van der Waals surface area contributed by atoms with E-state index in [0.717, 1.165) is 65.7 Å². The van der Waals surface area contributed by atoms with Crippen molar-refractivity contribution in [3.63, 3.8) is 0 Å². The Balaban J connectivity index is 1.54. The Morgan fingerprint density at radius 2 is 1.97 bits per heavy atom. The minimum atomic E-state index is -0.405. The first-order valence-corrected chi connectivity index (χ1v) is 11.3. The van der Waals surface area contributed by atoms with E-state index in [1.165, 1.54) is 13.0 Å². The third-order valence-corrected chi connectivity index (χ3v) is 6.98. The molecule has 5 rings (SSSR count). The van der Waals surface area contributed by atoms with Crippen LogP contribution in [0.15, 0.2) is 47.6 Å². The highest BCUT2D eigenvalue weighted by Gasteiger charge is 2.53. The van der Waals surface area contributed by atoms with Crippen LogP contribution in [0, 0.1) is 0 Å². The molecule has 0 radical (unpaired) electrons. The molecule has 2 aromatic rings. The maximum Gasteiger partial charge on any atom is 0.209 e. The number of ether oxygens (including phenoxy) is 2. The lowest BCUT2D eigenvalue weighted by Crippen LogP contribution is -3.14. The monoisotopic (exact) mass is 426 g/mol. The number of nitrogens with one attached hydrogen (secondary N) is 1. The number of hydrogen-bond acceptors (Lipinski definition) is 4. The standard InChI is InChI=1S/C24H28ClN3O2/c1-3-13-27-14-11-24(12-15-27)28-21(19-5-4-6-22(29-2)23(19)30-24)16-20(26-28)17-7-9-18(25)10-8-17/h4-10,21H,3,11-16H2,1-2H3/p+1/t21-/m1/s1. The summed E-state index contributed by atoms with van der Waals surface area (Å²) in [5.41, 5.74) is 2.98. The van der Waals surface area contributed by atoms with Crippen molar-refractivity contribution in [2.45, 2.75) is 44.4 Å². The third kappa shape index (κ3) is 3.25. The van der Waals surface area contributed by atoms with Crippen LogP contribution >= 0.6 is 11.6 Å². The van der Waals surface area contributed by atoms with Crippen molar-refractivity contribution in [3.05, 3.63) is 58.6 Å². The van der Waals surface area contributed by atoms with Crippen LogP contribution in [0.25, 0.3) is 0 Å². The van der Waals surface area contributed by atoms with Gasteiger partial charge < -0.3 is 14.4 Å². The van der Waals surface area contributed by atoms with Gasteiger partial charge >= 0.3 is 0 Å². The fraction of sp³-hybridized carbons (Fsp3) is 0.458. The zero-order valence-electron chi connectivity index (χ0n) is 17.7. The predicted octanol–water partition coefficient (Wildman–Crippen LogP) is 3.68. The average Bonchev–Trinajstić information content (AvgIpc) is 3.23. The summed E-state index contributed by atoms with van der Waals surface area (Å²) in [5.74, 6) is 1.71. The Morgan fingerprint density at radius 3 is 2.67 bits per heavy atom. The fourth-order valence-electron chi connectivity index (χ4n) is 5.18. The zero-order valence-corrected chi connectivity index (χ0v) is 18.4. The SMILES string of the molecule is CCC[NH+]1CCC2(CC1)Oc1c(OC)cccc1[C@H]1CC(c3ccc(Cl)cc3)=NN12. The molecule has 1 fully saturated rings. The van der Waals surface area contributed by atoms with E-state index < -0.39 is 5.72 Å². The highest BCUT2D eigenvalue weighted by Crippen LogP contribution is 2.52. The van der Waals surface area contributed by atoms with E-state index in [-0.39, 0.29) is 6.04 Å². The molecule has 3 aliphatic heterocycles. The first-order valence-electron chi connectivity index (χ1n) is 11.0. The van der Waals surface area contributed by atoms with Crippen LogP contribution < -0.4 is 14.4 Å². The number of piperidine rings is 1. The molecule has 0 aliphatic carbocycles. The number of hydrogen-bond donors (Lipinski definition) is 1. The number of para-hydroxylation sites is 1. The molecule has 1 atom stereocenters. The summed E-state index contributed by atoms with van der Waals surface area (Å²) in [4.78, 5) is 1.66. The van der Waals surface area contributed by atoms with E-state index in [0.29, 0.717) is 0 Å². The van der Waals surface area contributed by atoms with Crippen LogP contribution in [0.2, 0.25) is 5.02 Å². The van der Waals surface area contributed by atoms with Crippen LogP contribution in [0.1, 0.15) is 49.8 Å². The summed E-state index contributed by atoms with van der Waals surface area (Å²) in [7, 11) is 1.72. The number of nitrogens with zero attached hydrogens (tertiary/aromatic N) is 2. The molecular weight excluding hydrogens is 398 g/mol. The molecule has 6 heteroatoms. The van der Waals surface area contributed by atoms with Gasteiger partial charge in [0, 0.05) is 17.0 Å². The van der Waals surface area contributed by atoms with Crippen LogP contribution in [0.4, 0.5) is 0 Å². The summed E-state index contributed by atoms with van der Waals surface area (Å²) in [6.07, 6.45) is 4.00. The second-order valence-corrected chi connectivity index (χ2v) is 8.98. The summed E-state index contributed by atoms with van der Waals surface area (Å²) in [6.45, 7) is 5.69. The van der Waals surface area contributed by atoms with Gasteiger partial charge in [0.15, 0.2) is 11.5 Å². The molecule has 0 unspecified atom stereocenters. The molecule has 0 aromatic heterocycles. The first kappa shape index (κ1) is 19.7. The van der Waals surface area contributed by atoms with Gasteiger partial charge in [0.2, 0.25) is 5.72 Å². The molecule has 1 spiro atoms. The summed E-state index contributed by atoms with van der Waals surface area (Å²) < 4.78 is 12.5. The zero-order chi connectivity index (χ0) is 20.7. The van der Waals surface area contributed by atoms with Crippen molar-refractivity contribution in [2.24, 2.45) is 5.10 Å². The summed E-state index contributed by atoms with van der Waals surface area (Å²) in [5, 5.41) is 8.16. The van der Waals surface area contributed by atoms with Gasteiger partial charge in [-0.25, -0.2) is 5.01 Å². The lowest BCUT2D eigenvalue weighted by molar-refractivity contribution is -0.908. The van der Waals surface area contributed by atoms with Gasteiger partial charge in [-0.15, -0.1) is 0 Å². The van der Waals surface area contributed by atoms with E-state index in [9.17, 15) is 0 Å². The van der Waals surface area contributed by atoms with Gasteiger partial charge in [0.05, 0.1) is 51.3 Å². The first-order chi connectivity index (χ1) is 14.6. The molecule has 1 N–H and O–H groups in total. The number of hydrazone groups is 1. The molecule has 1 saturated heterocycles. The molecule has 3 heterocycles. The van der Waals surface area contributed by atoms with Gasteiger partial charge in [0.1, 0.15) is 0 Å². The number of benzene rings is 2. The van der Waals surface area contributed by atoms with Crippen molar-refractivity contribution < 1.29 is 14.4 Å². The smallest absolute Gasteiger partial charge is 0.209 e. The highest BCUT2D eigenvalue weighted by atomic mass is 35.5. The highest BCUT2D eigenvalue weighted by molar-refractivity contribution is 6.30. The quantitative estimate of drug-likeness (QED) is 0.810. The third-order valence-electron chi connectivity index (χ3n) is 6.73. The lowest BCUT2D eigenvalue weighted by Gasteiger charge is -2.50. The molecule has 0 saturated carbocycles. The van der Waals surface area contributed by atoms with Gasteiger partial charge in [-0.3, -0.25) is 0 Å². The number of likely N-dealkylation sites (tertiary alicyclic amines) is 1. The van der Waals surface area contributed by atoms with Crippen molar-refractivity contribution >= 4 is 17.3 Å². The number of quaternary nitrogens is 1. The molecule has 2 aromatic carbocycles. The average molecular weight is 427 g/mol. The Bertz CT molecular complexity index is 951. The molecule has 158 valence electrons. The van der Waals surface area contributed by atoms with Crippen molar-refractivity contribution in [2.75, 3.05) is 26.7 Å². The summed E-state index contributed by atoms with van der Waals surface area (Å²) in [6, 6.07) is 14.4. The van der Waals surface area contributed by atoms with E-state index in [4.69, 9.17) is 26.2 Å². The molecule has 5 nitrogen and oxygen atoms in total. The largest absolute Gasteiger partial charge is 0.493 e.